The highest BCUT2D eigenvalue weighted by Crippen LogP contribution is 2.28. The first-order valence-corrected chi connectivity index (χ1v) is 5.95. The molecule has 0 saturated heterocycles. The van der Waals surface area contributed by atoms with E-state index in [1.165, 1.54) is 0 Å². The van der Waals surface area contributed by atoms with Gasteiger partial charge in [-0.3, -0.25) is 5.41 Å². The van der Waals surface area contributed by atoms with Crippen LogP contribution in [0.3, 0.4) is 0 Å². The molecule has 0 aliphatic heterocycles. The maximum absolute atomic E-state index is 7.48. The van der Waals surface area contributed by atoms with Gasteiger partial charge in [0.15, 0.2) is 0 Å². The van der Waals surface area contributed by atoms with Gasteiger partial charge in [-0.25, -0.2) is 0 Å². The van der Waals surface area contributed by atoms with Crippen LogP contribution < -0.4 is 5.73 Å². The van der Waals surface area contributed by atoms with Crippen molar-refractivity contribution in [2.24, 2.45) is 5.73 Å². The van der Waals surface area contributed by atoms with Gasteiger partial charge in [0.25, 0.3) is 0 Å². The first-order chi connectivity index (χ1) is 6.90. The number of rotatable bonds is 3. The Morgan fingerprint density at radius 1 is 1.33 bits per heavy atom. The molecule has 0 atom stereocenters. The minimum atomic E-state index is 0.153. The fraction of sp³-hybridized carbons (Fsp3) is 0.417. The second-order valence-corrected chi connectivity index (χ2v) is 6.27. The molecule has 0 saturated carbocycles. The van der Waals surface area contributed by atoms with Gasteiger partial charge in [-0.2, -0.15) is 11.8 Å². The maximum Gasteiger partial charge on any atom is 0.123 e. The molecule has 15 heavy (non-hydrogen) atoms. The molecule has 0 unspecified atom stereocenters. The molecule has 1 rings (SSSR count). The molecule has 3 heteroatoms. The van der Waals surface area contributed by atoms with Gasteiger partial charge in [0, 0.05) is 16.1 Å². The van der Waals surface area contributed by atoms with Crippen molar-refractivity contribution in [1.82, 2.24) is 0 Å². The highest BCUT2D eigenvalue weighted by Gasteiger charge is 2.12. The summed E-state index contributed by atoms with van der Waals surface area (Å²) in [7, 11) is 0. The summed E-state index contributed by atoms with van der Waals surface area (Å²) in [5.74, 6) is 1.05. The Morgan fingerprint density at radius 3 is 2.47 bits per heavy atom. The van der Waals surface area contributed by atoms with Crippen molar-refractivity contribution in [3.63, 3.8) is 0 Å². The molecule has 0 fully saturated rings. The van der Waals surface area contributed by atoms with E-state index in [1.54, 1.807) is 0 Å². The summed E-state index contributed by atoms with van der Waals surface area (Å²) in [6, 6.07) is 7.85. The van der Waals surface area contributed by atoms with Gasteiger partial charge in [-0.1, -0.05) is 45.0 Å². The molecule has 0 heterocycles. The highest BCUT2D eigenvalue weighted by atomic mass is 32.2. The fourth-order valence-corrected chi connectivity index (χ4v) is 2.04. The van der Waals surface area contributed by atoms with Gasteiger partial charge in [0.2, 0.25) is 0 Å². The predicted octanol–water partition coefficient (Wildman–Crippen LogP) is 3.00. The van der Waals surface area contributed by atoms with E-state index in [4.69, 9.17) is 11.1 Å². The molecule has 1 aromatic rings. The summed E-state index contributed by atoms with van der Waals surface area (Å²) in [6.45, 7) is 6.57. The lowest BCUT2D eigenvalue weighted by molar-refractivity contribution is 0.802. The number of hydrogen-bond acceptors (Lipinski definition) is 2. The smallest absolute Gasteiger partial charge is 0.123 e. The molecule has 0 aliphatic rings. The van der Waals surface area contributed by atoms with Gasteiger partial charge in [-0.05, 0) is 5.56 Å². The van der Waals surface area contributed by atoms with E-state index in [2.05, 4.69) is 20.8 Å². The summed E-state index contributed by atoms with van der Waals surface area (Å²) in [6.07, 6.45) is 0. The second-order valence-electron chi connectivity index (χ2n) is 4.47. The number of hydrogen-bond donors (Lipinski definition) is 2. The van der Waals surface area contributed by atoms with Crippen LogP contribution in [0.25, 0.3) is 0 Å². The van der Waals surface area contributed by atoms with Crippen LogP contribution in [-0.2, 0) is 5.75 Å². The standard InChI is InChI=1S/C12H18N2S/c1-12(2,3)15-8-9-6-4-5-7-10(9)11(13)14/h4-7H,8H2,1-3H3,(H3,13,14). The largest absolute Gasteiger partial charge is 0.384 e. The number of benzene rings is 1. The van der Waals surface area contributed by atoms with E-state index in [9.17, 15) is 0 Å². The van der Waals surface area contributed by atoms with Gasteiger partial charge < -0.3 is 5.73 Å². The van der Waals surface area contributed by atoms with Crippen molar-refractivity contribution in [2.45, 2.75) is 31.3 Å². The highest BCUT2D eigenvalue weighted by molar-refractivity contribution is 7.99. The molecule has 0 aromatic heterocycles. The van der Waals surface area contributed by atoms with Crippen LogP contribution in [0.5, 0.6) is 0 Å². The zero-order chi connectivity index (χ0) is 11.5. The predicted molar refractivity (Wildman–Crippen MR) is 68.5 cm³/mol. The molecule has 0 amide bonds. The van der Waals surface area contributed by atoms with Crippen LogP contribution in [0.1, 0.15) is 31.9 Å². The van der Waals surface area contributed by atoms with Crippen molar-refractivity contribution in [3.05, 3.63) is 35.4 Å². The summed E-state index contributed by atoms with van der Waals surface area (Å²) in [5, 5.41) is 7.48. The summed E-state index contributed by atoms with van der Waals surface area (Å²) < 4.78 is 0.240. The Morgan fingerprint density at radius 2 is 1.93 bits per heavy atom. The molecule has 0 radical (unpaired) electrons. The number of thioether (sulfide) groups is 1. The molecule has 0 aliphatic carbocycles. The van der Waals surface area contributed by atoms with Gasteiger partial charge in [0.1, 0.15) is 5.84 Å². The third-order valence-electron chi connectivity index (χ3n) is 1.97. The quantitative estimate of drug-likeness (QED) is 0.610. The first kappa shape index (κ1) is 12.1. The Kier molecular flexibility index (Phi) is 3.80. The summed E-state index contributed by atoms with van der Waals surface area (Å²) in [5.41, 5.74) is 7.53. The van der Waals surface area contributed by atoms with E-state index in [0.717, 1.165) is 16.9 Å². The fourth-order valence-electron chi connectivity index (χ4n) is 1.20. The second kappa shape index (κ2) is 4.71. The average molecular weight is 222 g/mol. The molecule has 0 bridgehead atoms. The average Bonchev–Trinajstić information content (AvgIpc) is 2.14. The number of nitrogens with one attached hydrogen (secondary N) is 1. The van der Waals surface area contributed by atoms with Crippen LogP contribution >= 0.6 is 11.8 Å². The van der Waals surface area contributed by atoms with Crippen molar-refractivity contribution in [3.8, 4) is 0 Å². The number of nitrogens with two attached hydrogens (primary N) is 1. The van der Waals surface area contributed by atoms with E-state index in [-0.39, 0.29) is 10.6 Å². The molecule has 3 N–H and O–H groups in total. The zero-order valence-electron chi connectivity index (χ0n) is 9.50. The Labute approximate surface area is 95.8 Å². The van der Waals surface area contributed by atoms with E-state index >= 15 is 0 Å². The third-order valence-corrected chi connectivity index (χ3v) is 3.29. The van der Waals surface area contributed by atoms with Crippen LogP contribution in [0.2, 0.25) is 0 Å². The Hall–Kier alpha value is -0.960. The zero-order valence-corrected chi connectivity index (χ0v) is 10.3. The number of amidine groups is 1. The van der Waals surface area contributed by atoms with Crippen molar-refractivity contribution in [2.75, 3.05) is 0 Å². The topological polar surface area (TPSA) is 49.9 Å². The van der Waals surface area contributed by atoms with Crippen LogP contribution in [0, 0.1) is 5.41 Å². The lowest BCUT2D eigenvalue weighted by Gasteiger charge is -2.18. The summed E-state index contributed by atoms with van der Waals surface area (Å²) in [4.78, 5) is 0. The van der Waals surface area contributed by atoms with E-state index < -0.39 is 0 Å². The Balaban J connectivity index is 2.81. The van der Waals surface area contributed by atoms with E-state index in [1.807, 2.05) is 36.0 Å². The van der Waals surface area contributed by atoms with Crippen molar-refractivity contribution in [1.29, 1.82) is 5.41 Å². The molecule has 0 spiro atoms. The normalized spacial score (nSPS) is 11.4. The van der Waals surface area contributed by atoms with E-state index in [0.29, 0.717) is 0 Å². The monoisotopic (exact) mass is 222 g/mol. The van der Waals surface area contributed by atoms with Gasteiger partial charge in [-0.15, -0.1) is 0 Å². The summed E-state index contributed by atoms with van der Waals surface area (Å²) >= 11 is 1.87. The molecule has 2 nitrogen and oxygen atoms in total. The molecular formula is C12H18N2S. The van der Waals surface area contributed by atoms with Gasteiger partial charge in [0.05, 0.1) is 0 Å². The minimum Gasteiger partial charge on any atom is -0.384 e. The van der Waals surface area contributed by atoms with Crippen LogP contribution in [-0.4, -0.2) is 10.6 Å². The van der Waals surface area contributed by atoms with Gasteiger partial charge >= 0.3 is 0 Å². The first-order valence-electron chi connectivity index (χ1n) is 4.96. The maximum atomic E-state index is 7.48. The lowest BCUT2D eigenvalue weighted by atomic mass is 10.1. The minimum absolute atomic E-state index is 0.153. The Bertz CT molecular complexity index is 353. The lowest BCUT2D eigenvalue weighted by Crippen LogP contribution is -2.14. The van der Waals surface area contributed by atoms with Crippen LogP contribution in [0.4, 0.5) is 0 Å². The van der Waals surface area contributed by atoms with Crippen molar-refractivity contribution >= 4 is 17.6 Å². The van der Waals surface area contributed by atoms with Crippen molar-refractivity contribution < 1.29 is 0 Å². The SMILES string of the molecule is CC(C)(C)SCc1ccccc1C(=N)N. The molecule has 1 aromatic carbocycles. The molecular weight excluding hydrogens is 204 g/mol. The van der Waals surface area contributed by atoms with Crippen LogP contribution in [0.15, 0.2) is 24.3 Å². The third kappa shape index (κ3) is 3.96. The number of nitrogen functional groups attached to an aromatic ring is 1. The molecule has 82 valence electrons.